The summed E-state index contributed by atoms with van der Waals surface area (Å²) in [5.41, 5.74) is 0.860. The number of aromatic nitrogens is 2. The van der Waals surface area contributed by atoms with Crippen molar-refractivity contribution in [1.82, 2.24) is 9.78 Å². The fraction of sp³-hybridized carbons (Fsp3) is 0.100. The average Bonchev–Trinajstić information content (AvgIpc) is 2.63. The molecule has 0 bridgehead atoms. The van der Waals surface area contributed by atoms with Crippen LogP contribution >= 0.6 is 27.5 Å². The normalized spacial score (nSPS) is 10.5. The summed E-state index contributed by atoms with van der Waals surface area (Å²) in [5, 5.41) is 15.1. The molecule has 17 heavy (non-hydrogen) atoms. The van der Waals surface area contributed by atoms with Crippen LogP contribution in [0.1, 0.15) is 5.56 Å². The summed E-state index contributed by atoms with van der Waals surface area (Å²) < 4.78 is 1.83. The quantitative estimate of drug-likeness (QED) is 0.645. The Hall–Kier alpha value is -1.40. The maximum absolute atomic E-state index is 10.6. The van der Waals surface area contributed by atoms with E-state index in [9.17, 15) is 10.1 Å². The van der Waals surface area contributed by atoms with E-state index in [4.69, 9.17) is 11.6 Å². The Labute approximate surface area is 110 Å². The average molecular weight is 317 g/mol. The maximum Gasteiger partial charge on any atom is 0.404 e. The molecule has 0 saturated heterocycles. The zero-order valence-electron chi connectivity index (χ0n) is 8.51. The molecule has 5 nitrogen and oxygen atoms in total. The van der Waals surface area contributed by atoms with Gasteiger partial charge in [-0.25, -0.2) is 0 Å². The van der Waals surface area contributed by atoms with E-state index in [2.05, 4.69) is 21.0 Å². The Kier molecular flexibility index (Phi) is 3.44. The van der Waals surface area contributed by atoms with Crippen LogP contribution in [-0.4, -0.2) is 14.7 Å². The summed E-state index contributed by atoms with van der Waals surface area (Å²) in [6, 6.07) is 7.30. The summed E-state index contributed by atoms with van der Waals surface area (Å²) in [4.78, 5) is 10.1. The second-order valence-corrected chi connectivity index (χ2v) is 4.61. The van der Waals surface area contributed by atoms with Crippen LogP contribution in [-0.2, 0) is 6.54 Å². The van der Waals surface area contributed by atoms with Crippen molar-refractivity contribution in [3.05, 3.63) is 55.6 Å². The Bertz CT molecular complexity index is 570. The minimum Gasteiger partial charge on any atom is -0.358 e. The topological polar surface area (TPSA) is 61.0 Å². The first-order chi connectivity index (χ1) is 8.08. The van der Waals surface area contributed by atoms with E-state index in [-0.39, 0.29) is 5.82 Å². The Morgan fingerprint density at radius 3 is 2.76 bits per heavy atom. The lowest BCUT2D eigenvalue weighted by Crippen LogP contribution is -2.01. The molecule has 7 heteroatoms. The molecule has 0 radical (unpaired) electrons. The van der Waals surface area contributed by atoms with Gasteiger partial charge >= 0.3 is 5.82 Å². The van der Waals surface area contributed by atoms with E-state index >= 15 is 0 Å². The molecule has 0 aliphatic heterocycles. The van der Waals surface area contributed by atoms with Gasteiger partial charge < -0.3 is 10.1 Å². The second kappa shape index (κ2) is 4.85. The van der Waals surface area contributed by atoms with Gasteiger partial charge in [0.2, 0.25) is 0 Å². The van der Waals surface area contributed by atoms with Crippen molar-refractivity contribution in [1.29, 1.82) is 0 Å². The van der Waals surface area contributed by atoms with E-state index < -0.39 is 4.92 Å². The molecule has 0 atom stereocenters. The first-order valence-corrected chi connectivity index (χ1v) is 5.86. The number of benzene rings is 1. The number of hydrogen-bond acceptors (Lipinski definition) is 3. The molecule has 0 aliphatic carbocycles. The summed E-state index contributed by atoms with van der Waals surface area (Å²) in [6.07, 6.45) is 1.56. The minimum absolute atomic E-state index is 0.197. The molecular formula is C10H7BrClN3O2. The smallest absolute Gasteiger partial charge is 0.358 e. The van der Waals surface area contributed by atoms with Crippen LogP contribution in [0.5, 0.6) is 0 Å². The summed E-state index contributed by atoms with van der Waals surface area (Å²) >= 11 is 9.09. The van der Waals surface area contributed by atoms with E-state index in [1.54, 1.807) is 12.3 Å². The SMILES string of the molecule is O=[N+]([O-])c1nn(Cc2ccccc2Cl)cc1Br. The molecule has 0 unspecified atom stereocenters. The standard InChI is InChI=1S/C10H7BrClN3O2/c11-8-6-14(13-10(8)15(16)17)5-7-3-1-2-4-9(7)12/h1-4,6H,5H2. The third-order valence-electron chi connectivity index (χ3n) is 2.16. The predicted molar refractivity (Wildman–Crippen MR) is 67.1 cm³/mol. The molecule has 0 amide bonds. The molecule has 0 aliphatic rings. The zero-order chi connectivity index (χ0) is 12.4. The van der Waals surface area contributed by atoms with Gasteiger partial charge in [0.15, 0.2) is 0 Å². The van der Waals surface area contributed by atoms with Crippen molar-refractivity contribution < 1.29 is 4.92 Å². The third kappa shape index (κ3) is 2.65. The minimum atomic E-state index is -0.535. The molecule has 0 fully saturated rings. The number of rotatable bonds is 3. The highest BCUT2D eigenvalue weighted by Gasteiger charge is 2.18. The highest BCUT2D eigenvalue weighted by Crippen LogP contribution is 2.23. The van der Waals surface area contributed by atoms with Crippen molar-refractivity contribution in [2.24, 2.45) is 0 Å². The fourth-order valence-electron chi connectivity index (χ4n) is 1.39. The van der Waals surface area contributed by atoms with Gasteiger partial charge in [-0.15, -0.1) is 0 Å². The van der Waals surface area contributed by atoms with E-state index in [1.165, 1.54) is 4.68 Å². The lowest BCUT2D eigenvalue weighted by molar-refractivity contribution is -0.390. The second-order valence-electron chi connectivity index (χ2n) is 3.35. The van der Waals surface area contributed by atoms with Crippen LogP contribution in [0.4, 0.5) is 5.82 Å². The van der Waals surface area contributed by atoms with Gasteiger partial charge in [0.25, 0.3) is 0 Å². The molecule has 2 rings (SSSR count). The van der Waals surface area contributed by atoms with Gasteiger partial charge in [0, 0.05) is 5.02 Å². The summed E-state index contributed by atoms with van der Waals surface area (Å²) in [5.74, 6) is -0.197. The third-order valence-corrected chi connectivity index (χ3v) is 3.09. The molecule has 1 aromatic carbocycles. The predicted octanol–water partition coefficient (Wildman–Crippen LogP) is 3.26. The van der Waals surface area contributed by atoms with E-state index in [0.717, 1.165) is 5.56 Å². The lowest BCUT2D eigenvalue weighted by atomic mass is 10.2. The van der Waals surface area contributed by atoms with Gasteiger partial charge in [0.1, 0.15) is 4.47 Å². The highest BCUT2D eigenvalue weighted by atomic mass is 79.9. The molecule has 0 spiro atoms. The van der Waals surface area contributed by atoms with Crippen molar-refractivity contribution >= 4 is 33.3 Å². The van der Waals surface area contributed by atoms with E-state index in [0.29, 0.717) is 16.0 Å². The van der Waals surface area contributed by atoms with Crippen molar-refractivity contribution in [3.63, 3.8) is 0 Å². The van der Waals surface area contributed by atoms with Crippen molar-refractivity contribution in [3.8, 4) is 0 Å². The zero-order valence-corrected chi connectivity index (χ0v) is 10.8. The Balaban J connectivity index is 2.28. The van der Waals surface area contributed by atoms with Crippen molar-refractivity contribution in [2.75, 3.05) is 0 Å². The molecule has 88 valence electrons. The number of halogens is 2. The largest absolute Gasteiger partial charge is 0.404 e. The van der Waals surface area contributed by atoms with Crippen LogP contribution in [0.15, 0.2) is 34.9 Å². The van der Waals surface area contributed by atoms with Gasteiger partial charge in [-0.2, -0.15) is 4.68 Å². The first-order valence-electron chi connectivity index (χ1n) is 4.68. The fourth-order valence-corrected chi connectivity index (χ4v) is 2.05. The molecule has 0 N–H and O–H groups in total. The molecule has 2 aromatic rings. The molecular weight excluding hydrogens is 309 g/mol. The van der Waals surface area contributed by atoms with Crippen molar-refractivity contribution in [2.45, 2.75) is 6.54 Å². The highest BCUT2D eigenvalue weighted by molar-refractivity contribution is 9.10. The first kappa shape index (κ1) is 12.1. The monoisotopic (exact) mass is 315 g/mol. The number of nitrogens with zero attached hydrogens (tertiary/aromatic N) is 3. The molecule has 0 saturated carbocycles. The maximum atomic E-state index is 10.6. The summed E-state index contributed by atoms with van der Waals surface area (Å²) in [6.45, 7) is 0.395. The molecule has 1 heterocycles. The van der Waals surface area contributed by atoms with Gasteiger partial charge in [-0.05, 0) is 32.5 Å². The summed E-state index contributed by atoms with van der Waals surface area (Å²) in [7, 11) is 0. The van der Waals surface area contributed by atoms with Crippen LogP contribution in [0.25, 0.3) is 0 Å². The van der Waals surface area contributed by atoms with Crippen LogP contribution < -0.4 is 0 Å². The van der Waals surface area contributed by atoms with Gasteiger partial charge in [-0.3, -0.25) is 0 Å². The number of hydrogen-bond donors (Lipinski definition) is 0. The Morgan fingerprint density at radius 1 is 1.47 bits per heavy atom. The van der Waals surface area contributed by atoms with Crippen LogP contribution in [0, 0.1) is 10.1 Å². The van der Waals surface area contributed by atoms with Crippen LogP contribution in [0.2, 0.25) is 5.02 Å². The lowest BCUT2D eigenvalue weighted by Gasteiger charge is -2.00. The number of nitro groups is 1. The van der Waals surface area contributed by atoms with Gasteiger partial charge in [0.05, 0.1) is 17.8 Å². The van der Waals surface area contributed by atoms with Crippen LogP contribution in [0.3, 0.4) is 0 Å². The Morgan fingerprint density at radius 2 is 2.18 bits per heavy atom. The van der Waals surface area contributed by atoms with Gasteiger partial charge in [-0.1, -0.05) is 29.8 Å². The molecule has 1 aromatic heterocycles. The van der Waals surface area contributed by atoms with E-state index in [1.807, 2.05) is 18.2 Å².